The number of benzene rings is 2. The van der Waals surface area contributed by atoms with Crippen LogP contribution in [0.3, 0.4) is 0 Å². The smallest absolute Gasteiger partial charge is 0.226 e. The minimum absolute atomic E-state index is 0.0946. The molecule has 0 bridgehead atoms. The standard InChI is InChI=1S/C19H19N3O3/c1-14(23)22(17-9-5-6-10-18(17)25-2)12-11-19(24)21-16-8-4-3-7-15(16)13-20/h3-10H,11-12H2,1-2H3,(H,21,24). The number of nitrogens with one attached hydrogen (secondary N) is 1. The molecule has 0 spiro atoms. The fourth-order valence-electron chi connectivity index (χ4n) is 2.42. The lowest BCUT2D eigenvalue weighted by atomic mass is 10.2. The van der Waals surface area contributed by atoms with E-state index in [0.717, 1.165) is 0 Å². The Kier molecular flexibility index (Phi) is 6.13. The molecule has 0 unspecified atom stereocenters. The monoisotopic (exact) mass is 337 g/mol. The van der Waals surface area contributed by atoms with Crippen LogP contribution in [0.1, 0.15) is 18.9 Å². The van der Waals surface area contributed by atoms with Gasteiger partial charge in [0.2, 0.25) is 11.8 Å². The molecule has 1 N–H and O–H groups in total. The molecule has 128 valence electrons. The maximum atomic E-state index is 12.2. The van der Waals surface area contributed by atoms with E-state index in [1.54, 1.807) is 42.5 Å². The number of anilines is 2. The molecule has 25 heavy (non-hydrogen) atoms. The van der Waals surface area contributed by atoms with E-state index < -0.39 is 0 Å². The van der Waals surface area contributed by atoms with Gasteiger partial charge in [-0.1, -0.05) is 24.3 Å². The summed E-state index contributed by atoms with van der Waals surface area (Å²) in [7, 11) is 1.53. The van der Waals surface area contributed by atoms with Gasteiger partial charge in [0.25, 0.3) is 0 Å². The summed E-state index contributed by atoms with van der Waals surface area (Å²) in [6.45, 7) is 1.64. The van der Waals surface area contributed by atoms with Crippen molar-refractivity contribution in [2.45, 2.75) is 13.3 Å². The molecule has 0 saturated carbocycles. The molecule has 2 rings (SSSR count). The first-order valence-electron chi connectivity index (χ1n) is 7.77. The Bertz CT molecular complexity index is 812. The molecule has 0 aliphatic heterocycles. The highest BCUT2D eigenvalue weighted by Crippen LogP contribution is 2.28. The van der Waals surface area contributed by atoms with Crippen molar-refractivity contribution in [2.24, 2.45) is 0 Å². The van der Waals surface area contributed by atoms with E-state index in [2.05, 4.69) is 5.32 Å². The van der Waals surface area contributed by atoms with Crippen LogP contribution in [0.2, 0.25) is 0 Å². The predicted molar refractivity (Wildman–Crippen MR) is 95.4 cm³/mol. The van der Waals surface area contributed by atoms with E-state index in [4.69, 9.17) is 10.00 Å². The van der Waals surface area contributed by atoms with Crippen molar-refractivity contribution in [3.63, 3.8) is 0 Å². The van der Waals surface area contributed by atoms with Gasteiger partial charge in [-0.05, 0) is 24.3 Å². The second kappa shape index (κ2) is 8.50. The van der Waals surface area contributed by atoms with Gasteiger partial charge in [-0.3, -0.25) is 9.59 Å². The Balaban J connectivity index is 2.08. The van der Waals surface area contributed by atoms with Crippen LogP contribution < -0.4 is 15.0 Å². The largest absolute Gasteiger partial charge is 0.495 e. The molecule has 2 aromatic carbocycles. The number of nitriles is 1. The van der Waals surface area contributed by atoms with Gasteiger partial charge in [0, 0.05) is 19.9 Å². The normalized spacial score (nSPS) is 9.80. The molecular weight excluding hydrogens is 318 g/mol. The van der Waals surface area contributed by atoms with Gasteiger partial charge in [0.1, 0.15) is 11.8 Å². The summed E-state index contributed by atoms with van der Waals surface area (Å²) in [5, 5.41) is 11.8. The van der Waals surface area contributed by atoms with Crippen molar-refractivity contribution in [3.05, 3.63) is 54.1 Å². The number of hydrogen-bond donors (Lipinski definition) is 1. The fourth-order valence-corrected chi connectivity index (χ4v) is 2.42. The second-order valence-corrected chi connectivity index (χ2v) is 5.30. The molecule has 0 radical (unpaired) electrons. The third kappa shape index (κ3) is 4.58. The Morgan fingerprint density at radius 3 is 2.52 bits per heavy atom. The highest BCUT2D eigenvalue weighted by molar-refractivity contribution is 5.96. The Morgan fingerprint density at radius 2 is 1.84 bits per heavy atom. The summed E-state index contributed by atoms with van der Waals surface area (Å²) >= 11 is 0. The van der Waals surface area contributed by atoms with Crippen LogP contribution in [0.4, 0.5) is 11.4 Å². The number of carbonyl (C=O) groups excluding carboxylic acids is 2. The molecule has 0 aromatic heterocycles. The lowest BCUT2D eigenvalue weighted by Crippen LogP contribution is -2.32. The molecule has 0 fully saturated rings. The van der Waals surface area contributed by atoms with E-state index in [-0.39, 0.29) is 24.8 Å². The number of methoxy groups -OCH3 is 1. The van der Waals surface area contributed by atoms with Crippen molar-refractivity contribution < 1.29 is 14.3 Å². The van der Waals surface area contributed by atoms with Gasteiger partial charge in [-0.2, -0.15) is 5.26 Å². The van der Waals surface area contributed by atoms with Crippen LogP contribution in [-0.2, 0) is 9.59 Å². The number of rotatable bonds is 6. The van der Waals surface area contributed by atoms with E-state index in [0.29, 0.717) is 22.7 Å². The summed E-state index contributed by atoms with van der Waals surface area (Å²) in [5.41, 5.74) is 1.47. The van der Waals surface area contributed by atoms with E-state index in [1.807, 2.05) is 12.1 Å². The van der Waals surface area contributed by atoms with Crippen LogP contribution in [-0.4, -0.2) is 25.5 Å². The van der Waals surface area contributed by atoms with E-state index in [9.17, 15) is 9.59 Å². The van der Waals surface area contributed by atoms with Crippen molar-refractivity contribution in [2.75, 3.05) is 23.9 Å². The topological polar surface area (TPSA) is 82.4 Å². The zero-order chi connectivity index (χ0) is 18.2. The van der Waals surface area contributed by atoms with E-state index in [1.165, 1.54) is 18.9 Å². The van der Waals surface area contributed by atoms with Gasteiger partial charge < -0.3 is 15.0 Å². The van der Waals surface area contributed by atoms with Crippen molar-refractivity contribution >= 4 is 23.2 Å². The third-order valence-electron chi connectivity index (χ3n) is 3.64. The Morgan fingerprint density at radius 1 is 1.16 bits per heavy atom. The minimum atomic E-state index is -0.274. The van der Waals surface area contributed by atoms with Crippen LogP contribution in [0.15, 0.2) is 48.5 Å². The Labute approximate surface area is 146 Å². The summed E-state index contributed by atoms with van der Waals surface area (Å²) in [5.74, 6) is 0.103. The quantitative estimate of drug-likeness (QED) is 0.878. The lowest BCUT2D eigenvalue weighted by Gasteiger charge is -2.23. The van der Waals surface area contributed by atoms with Crippen LogP contribution in [0.5, 0.6) is 5.75 Å². The molecule has 0 aliphatic rings. The van der Waals surface area contributed by atoms with Gasteiger partial charge in [0.05, 0.1) is 24.0 Å². The molecule has 0 saturated heterocycles. The number of amides is 2. The van der Waals surface area contributed by atoms with Crippen molar-refractivity contribution in [1.29, 1.82) is 5.26 Å². The van der Waals surface area contributed by atoms with Crippen molar-refractivity contribution in [3.8, 4) is 11.8 Å². The first-order valence-corrected chi connectivity index (χ1v) is 7.77. The van der Waals surface area contributed by atoms with Crippen LogP contribution in [0.25, 0.3) is 0 Å². The Hall–Kier alpha value is -3.33. The van der Waals surface area contributed by atoms with Gasteiger partial charge in [-0.15, -0.1) is 0 Å². The summed E-state index contributed by atoms with van der Waals surface area (Å²) < 4.78 is 5.28. The summed E-state index contributed by atoms with van der Waals surface area (Å²) in [6.07, 6.45) is 0.0946. The van der Waals surface area contributed by atoms with Crippen molar-refractivity contribution in [1.82, 2.24) is 0 Å². The average Bonchev–Trinajstić information content (AvgIpc) is 2.62. The number of ether oxygens (including phenoxy) is 1. The minimum Gasteiger partial charge on any atom is -0.495 e. The fraction of sp³-hybridized carbons (Fsp3) is 0.211. The molecule has 2 amide bonds. The van der Waals surface area contributed by atoms with Gasteiger partial charge in [0.15, 0.2) is 0 Å². The van der Waals surface area contributed by atoms with E-state index >= 15 is 0 Å². The summed E-state index contributed by atoms with van der Waals surface area (Å²) in [6, 6.07) is 15.9. The number of carbonyl (C=O) groups is 2. The molecular formula is C19H19N3O3. The highest BCUT2D eigenvalue weighted by atomic mass is 16.5. The second-order valence-electron chi connectivity index (χ2n) is 5.30. The van der Waals surface area contributed by atoms with Crippen LogP contribution >= 0.6 is 0 Å². The number of hydrogen-bond acceptors (Lipinski definition) is 4. The average molecular weight is 337 g/mol. The zero-order valence-corrected chi connectivity index (χ0v) is 14.2. The lowest BCUT2D eigenvalue weighted by molar-refractivity contribution is -0.117. The zero-order valence-electron chi connectivity index (χ0n) is 14.2. The number of para-hydroxylation sites is 3. The summed E-state index contributed by atoms with van der Waals surface area (Å²) in [4.78, 5) is 25.7. The van der Waals surface area contributed by atoms with Gasteiger partial charge >= 0.3 is 0 Å². The molecule has 2 aromatic rings. The maximum absolute atomic E-state index is 12.2. The SMILES string of the molecule is COc1ccccc1N(CCC(=O)Nc1ccccc1C#N)C(C)=O. The predicted octanol–water partition coefficient (Wildman–Crippen LogP) is 2.95. The van der Waals surface area contributed by atoms with Gasteiger partial charge in [-0.25, -0.2) is 0 Å². The molecule has 0 atom stereocenters. The number of nitrogens with zero attached hydrogens (tertiary/aromatic N) is 2. The molecule has 6 nitrogen and oxygen atoms in total. The first-order chi connectivity index (χ1) is 12.1. The first kappa shape index (κ1) is 18.0. The maximum Gasteiger partial charge on any atom is 0.226 e. The highest BCUT2D eigenvalue weighted by Gasteiger charge is 2.17. The molecule has 0 heterocycles. The third-order valence-corrected chi connectivity index (χ3v) is 3.64. The van der Waals surface area contributed by atoms with Crippen LogP contribution in [0, 0.1) is 11.3 Å². The molecule has 0 aliphatic carbocycles. The molecule has 6 heteroatoms.